The fourth-order valence-electron chi connectivity index (χ4n) is 2.51. The van der Waals surface area contributed by atoms with Crippen LogP contribution in [0, 0.1) is 10.1 Å². The molecule has 2 aromatic rings. The molecule has 1 fully saturated rings. The largest absolute Gasteiger partial charge is 0.326 e. The molecule has 0 atom stereocenters. The standard InChI is InChI=1S/C19H14ClN3O4S2/c20-13-3-1-12(2-4-13)11-16-18(25)22(19(28)29-16)10-9-17(24)21-14-5-7-15(8-6-14)23(26)27/h1-8,11H,9-10H2,(H,21,24)/b16-11-. The van der Waals surface area contributed by atoms with Gasteiger partial charge in [0.2, 0.25) is 5.91 Å². The van der Waals surface area contributed by atoms with Crippen LogP contribution in [0.15, 0.2) is 53.4 Å². The molecule has 0 radical (unpaired) electrons. The van der Waals surface area contributed by atoms with E-state index in [1.807, 2.05) is 0 Å². The molecule has 10 heteroatoms. The maximum atomic E-state index is 12.6. The third-order valence-corrected chi connectivity index (χ3v) is 5.60. The average Bonchev–Trinajstić information content (AvgIpc) is 2.95. The van der Waals surface area contributed by atoms with Gasteiger partial charge < -0.3 is 5.32 Å². The number of hydrogen-bond acceptors (Lipinski definition) is 6. The van der Waals surface area contributed by atoms with E-state index >= 15 is 0 Å². The summed E-state index contributed by atoms with van der Waals surface area (Å²) in [6.07, 6.45) is 1.77. The highest BCUT2D eigenvalue weighted by Crippen LogP contribution is 2.32. The van der Waals surface area contributed by atoms with Gasteiger partial charge in [0.25, 0.3) is 11.6 Å². The summed E-state index contributed by atoms with van der Waals surface area (Å²) in [5, 5.41) is 13.9. The first-order valence-corrected chi connectivity index (χ1v) is 9.99. The summed E-state index contributed by atoms with van der Waals surface area (Å²) in [6.45, 7) is 0.140. The van der Waals surface area contributed by atoms with E-state index in [0.717, 1.165) is 5.56 Å². The highest BCUT2D eigenvalue weighted by molar-refractivity contribution is 8.26. The molecule has 1 N–H and O–H groups in total. The molecule has 2 amide bonds. The van der Waals surface area contributed by atoms with Crippen molar-refractivity contribution in [3.63, 3.8) is 0 Å². The Labute approximate surface area is 180 Å². The van der Waals surface area contributed by atoms with Crippen LogP contribution in [-0.2, 0) is 9.59 Å². The predicted molar refractivity (Wildman–Crippen MR) is 118 cm³/mol. The van der Waals surface area contributed by atoms with Gasteiger partial charge in [-0.1, -0.05) is 47.7 Å². The van der Waals surface area contributed by atoms with Crippen LogP contribution in [0.2, 0.25) is 5.02 Å². The molecule has 29 heavy (non-hydrogen) atoms. The van der Waals surface area contributed by atoms with Crippen molar-refractivity contribution in [2.75, 3.05) is 11.9 Å². The zero-order chi connectivity index (χ0) is 21.0. The van der Waals surface area contributed by atoms with Crippen LogP contribution < -0.4 is 5.32 Å². The lowest BCUT2D eigenvalue weighted by molar-refractivity contribution is -0.384. The molecule has 0 unspecified atom stereocenters. The Morgan fingerprint density at radius 1 is 1.21 bits per heavy atom. The van der Waals surface area contributed by atoms with Gasteiger partial charge in [0.05, 0.1) is 9.83 Å². The Kier molecular flexibility index (Phi) is 6.63. The normalized spacial score (nSPS) is 15.1. The maximum absolute atomic E-state index is 12.6. The van der Waals surface area contributed by atoms with Gasteiger partial charge in [-0.15, -0.1) is 0 Å². The molecular formula is C19H14ClN3O4S2. The van der Waals surface area contributed by atoms with E-state index in [-0.39, 0.29) is 30.5 Å². The molecule has 7 nitrogen and oxygen atoms in total. The van der Waals surface area contributed by atoms with Gasteiger partial charge >= 0.3 is 0 Å². The Morgan fingerprint density at radius 2 is 1.86 bits per heavy atom. The molecule has 148 valence electrons. The monoisotopic (exact) mass is 447 g/mol. The lowest BCUT2D eigenvalue weighted by Gasteiger charge is -2.14. The molecule has 1 aliphatic heterocycles. The second-order valence-corrected chi connectivity index (χ2v) is 8.10. The third-order valence-electron chi connectivity index (χ3n) is 3.97. The van der Waals surface area contributed by atoms with E-state index in [9.17, 15) is 19.7 Å². The average molecular weight is 448 g/mol. The van der Waals surface area contributed by atoms with Crippen molar-refractivity contribution in [3.8, 4) is 0 Å². The number of nitrogens with one attached hydrogen (secondary N) is 1. The highest BCUT2D eigenvalue weighted by atomic mass is 35.5. The van der Waals surface area contributed by atoms with Crippen molar-refractivity contribution in [1.29, 1.82) is 0 Å². The van der Waals surface area contributed by atoms with Gasteiger partial charge in [0.15, 0.2) is 0 Å². The summed E-state index contributed by atoms with van der Waals surface area (Å²) in [5.41, 5.74) is 1.20. The number of carbonyl (C=O) groups excluding carboxylic acids is 2. The smallest absolute Gasteiger partial charge is 0.269 e. The minimum atomic E-state index is -0.516. The number of nitro groups is 1. The number of carbonyl (C=O) groups is 2. The van der Waals surface area contributed by atoms with E-state index in [0.29, 0.717) is 19.9 Å². The molecular weight excluding hydrogens is 434 g/mol. The van der Waals surface area contributed by atoms with E-state index < -0.39 is 4.92 Å². The zero-order valence-corrected chi connectivity index (χ0v) is 17.2. The number of benzene rings is 2. The first-order valence-electron chi connectivity index (χ1n) is 8.39. The van der Waals surface area contributed by atoms with Crippen LogP contribution in [0.25, 0.3) is 6.08 Å². The summed E-state index contributed by atoms with van der Waals surface area (Å²) in [4.78, 5) is 36.7. The third kappa shape index (κ3) is 5.41. The molecule has 0 bridgehead atoms. The van der Waals surface area contributed by atoms with E-state index in [1.54, 1.807) is 30.3 Å². The van der Waals surface area contributed by atoms with Crippen LogP contribution in [0.3, 0.4) is 0 Å². The fourth-order valence-corrected chi connectivity index (χ4v) is 3.94. The SMILES string of the molecule is O=C(CCN1C(=O)/C(=C/c2ccc(Cl)cc2)SC1=S)Nc1ccc([N+](=O)[O-])cc1. The van der Waals surface area contributed by atoms with E-state index in [2.05, 4.69) is 5.32 Å². The molecule has 0 aliphatic carbocycles. The molecule has 0 spiro atoms. The predicted octanol–water partition coefficient (Wildman–Crippen LogP) is 4.48. The first-order chi connectivity index (χ1) is 13.8. The van der Waals surface area contributed by atoms with Crippen LogP contribution >= 0.6 is 35.6 Å². The van der Waals surface area contributed by atoms with Gasteiger partial charge in [0.1, 0.15) is 4.32 Å². The number of nitrogens with zero attached hydrogens (tertiary/aromatic N) is 2. The van der Waals surface area contributed by atoms with Crippen LogP contribution in [0.5, 0.6) is 0 Å². The number of rotatable bonds is 6. The number of hydrogen-bond donors (Lipinski definition) is 1. The lowest BCUT2D eigenvalue weighted by atomic mass is 10.2. The number of halogens is 1. The summed E-state index contributed by atoms with van der Waals surface area (Å²) in [7, 11) is 0. The van der Waals surface area contributed by atoms with Gasteiger partial charge in [-0.2, -0.15) is 0 Å². The Hall–Kier alpha value is -2.75. The van der Waals surface area contributed by atoms with Gasteiger partial charge in [-0.25, -0.2) is 0 Å². The van der Waals surface area contributed by atoms with Gasteiger partial charge in [-0.05, 0) is 35.9 Å². The Balaban J connectivity index is 1.57. The molecule has 1 aliphatic rings. The second kappa shape index (κ2) is 9.17. The molecule has 0 aromatic heterocycles. The van der Waals surface area contributed by atoms with E-state index in [4.69, 9.17) is 23.8 Å². The van der Waals surface area contributed by atoms with Gasteiger partial charge in [0, 0.05) is 35.8 Å². The minimum absolute atomic E-state index is 0.0393. The highest BCUT2D eigenvalue weighted by Gasteiger charge is 2.32. The number of thiocarbonyl (C=S) groups is 1. The second-order valence-electron chi connectivity index (χ2n) is 5.99. The van der Waals surface area contributed by atoms with Crippen LogP contribution in [0.4, 0.5) is 11.4 Å². The minimum Gasteiger partial charge on any atom is -0.326 e. The molecule has 2 aromatic carbocycles. The summed E-state index contributed by atoms with van der Waals surface area (Å²) in [5.74, 6) is -0.576. The number of amides is 2. The number of non-ortho nitro benzene ring substituents is 1. The molecule has 3 rings (SSSR count). The Morgan fingerprint density at radius 3 is 2.48 bits per heavy atom. The van der Waals surface area contributed by atoms with Crippen molar-refractivity contribution >= 4 is 69.2 Å². The summed E-state index contributed by atoms with van der Waals surface area (Å²) < 4.78 is 0.387. The quantitative estimate of drug-likeness (QED) is 0.304. The van der Waals surface area contributed by atoms with Crippen LogP contribution in [-0.4, -0.2) is 32.5 Å². The van der Waals surface area contributed by atoms with Crippen molar-refractivity contribution in [2.24, 2.45) is 0 Å². The zero-order valence-electron chi connectivity index (χ0n) is 14.8. The topological polar surface area (TPSA) is 92.6 Å². The molecule has 1 saturated heterocycles. The van der Waals surface area contributed by atoms with Crippen LogP contribution in [0.1, 0.15) is 12.0 Å². The number of nitro benzene ring substituents is 1. The number of anilines is 1. The van der Waals surface area contributed by atoms with Crippen molar-refractivity contribution < 1.29 is 14.5 Å². The van der Waals surface area contributed by atoms with Crippen molar-refractivity contribution in [2.45, 2.75) is 6.42 Å². The van der Waals surface area contributed by atoms with E-state index in [1.165, 1.54) is 40.9 Å². The number of thioether (sulfide) groups is 1. The first kappa shape index (κ1) is 21.0. The van der Waals surface area contributed by atoms with Crippen molar-refractivity contribution in [3.05, 3.63) is 74.1 Å². The lowest BCUT2D eigenvalue weighted by Crippen LogP contribution is -2.31. The van der Waals surface area contributed by atoms with Crippen molar-refractivity contribution in [1.82, 2.24) is 4.90 Å². The maximum Gasteiger partial charge on any atom is 0.269 e. The summed E-state index contributed by atoms with van der Waals surface area (Å²) >= 11 is 12.3. The Bertz CT molecular complexity index is 1010. The molecule has 0 saturated carbocycles. The fraction of sp³-hybridized carbons (Fsp3) is 0.105. The summed E-state index contributed by atoms with van der Waals surface area (Å²) in [6, 6.07) is 12.6. The molecule has 1 heterocycles. The van der Waals surface area contributed by atoms with Gasteiger partial charge in [-0.3, -0.25) is 24.6 Å².